The monoisotopic (exact) mass is 331 g/mol. The summed E-state index contributed by atoms with van der Waals surface area (Å²) >= 11 is 6.12. The van der Waals surface area contributed by atoms with Gasteiger partial charge in [-0.05, 0) is 57.1 Å². The van der Waals surface area contributed by atoms with E-state index in [9.17, 15) is 4.79 Å². The van der Waals surface area contributed by atoms with Gasteiger partial charge in [-0.3, -0.25) is 9.69 Å². The Morgan fingerprint density at radius 3 is 2.90 bits per heavy atom. The summed E-state index contributed by atoms with van der Waals surface area (Å²) in [5.41, 5.74) is 1.77. The zero-order valence-electron chi connectivity index (χ0n) is 12.5. The molecule has 0 bridgehead atoms. The average Bonchev–Trinajstić information content (AvgIpc) is 2.81. The number of hydrogen-bond acceptors (Lipinski definition) is 3. The lowest BCUT2D eigenvalue weighted by Gasteiger charge is -2.16. The van der Waals surface area contributed by atoms with Gasteiger partial charge in [-0.1, -0.05) is 17.7 Å². The van der Waals surface area contributed by atoms with Crippen LogP contribution in [0, 0.1) is 12.8 Å². The molecule has 1 amide bonds. The highest BCUT2D eigenvalue weighted by molar-refractivity contribution is 6.33. The van der Waals surface area contributed by atoms with Crippen molar-refractivity contribution < 1.29 is 4.79 Å². The van der Waals surface area contributed by atoms with Gasteiger partial charge in [0.2, 0.25) is 5.91 Å². The van der Waals surface area contributed by atoms with Gasteiger partial charge in [-0.25, -0.2) is 0 Å². The van der Waals surface area contributed by atoms with Crippen molar-refractivity contribution in [2.75, 3.05) is 38.5 Å². The van der Waals surface area contributed by atoms with Gasteiger partial charge in [-0.2, -0.15) is 0 Å². The fraction of sp³-hybridized carbons (Fsp3) is 0.533. The molecular formula is C15H23Cl2N3O. The molecule has 1 aromatic carbocycles. The van der Waals surface area contributed by atoms with Crippen molar-refractivity contribution in [3.05, 3.63) is 28.8 Å². The van der Waals surface area contributed by atoms with Crippen LogP contribution in [0.4, 0.5) is 5.69 Å². The summed E-state index contributed by atoms with van der Waals surface area (Å²) in [5.74, 6) is 0.650. The first-order valence-corrected chi connectivity index (χ1v) is 7.39. The van der Waals surface area contributed by atoms with Crippen LogP contribution in [-0.2, 0) is 4.79 Å². The molecule has 1 fully saturated rings. The van der Waals surface area contributed by atoms with Crippen molar-refractivity contribution in [1.82, 2.24) is 10.2 Å². The molecule has 2 rings (SSSR count). The number of rotatable bonds is 5. The number of nitrogens with one attached hydrogen (secondary N) is 2. The summed E-state index contributed by atoms with van der Waals surface area (Å²) in [4.78, 5) is 14.2. The zero-order chi connectivity index (χ0) is 14.5. The van der Waals surface area contributed by atoms with Gasteiger partial charge in [0.05, 0.1) is 17.3 Å². The Labute approximate surface area is 137 Å². The molecule has 6 heteroatoms. The number of hydrogen-bond donors (Lipinski definition) is 2. The number of halogens is 2. The number of anilines is 1. The van der Waals surface area contributed by atoms with Gasteiger partial charge in [0, 0.05) is 6.54 Å². The second kappa shape index (κ2) is 8.59. The normalized spacial score (nSPS) is 18.3. The van der Waals surface area contributed by atoms with E-state index in [-0.39, 0.29) is 18.3 Å². The Hall–Kier alpha value is -0.810. The number of aryl methyl sites for hydroxylation is 1. The molecule has 0 saturated carbocycles. The van der Waals surface area contributed by atoms with E-state index in [1.54, 1.807) is 0 Å². The zero-order valence-corrected chi connectivity index (χ0v) is 14.1. The second-order valence-corrected chi connectivity index (χ2v) is 5.89. The largest absolute Gasteiger partial charge is 0.324 e. The van der Waals surface area contributed by atoms with Gasteiger partial charge in [0.1, 0.15) is 0 Å². The summed E-state index contributed by atoms with van der Waals surface area (Å²) < 4.78 is 0. The van der Waals surface area contributed by atoms with Crippen molar-refractivity contribution >= 4 is 35.6 Å². The molecular weight excluding hydrogens is 309 g/mol. The van der Waals surface area contributed by atoms with Crippen LogP contribution in [0.25, 0.3) is 0 Å². The molecule has 0 radical (unpaired) electrons. The fourth-order valence-electron chi connectivity index (χ4n) is 2.63. The minimum atomic E-state index is 0. The summed E-state index contributed by atoms with van der Waals surface area (Å²) in [6.45, 7) is 5.40. The Morgan fingerprint density at radius 1 is 1.48 bits per heavy atom. The number of likely N-dealkylation sites (tertiary alicyclic amines) is 1. The second-order valence-electron chi connectivity index (χ2n) is 5.48. The van der Waals surface area contributed by atoms with Crippen molar-refractivity contribution in [3.63, 3.8) is 0 Å². The lowest BCUT2D eigenvalue weighted by molar-refractivity contribution is -0.117. The molecule has 118 valence electrons. The summed E-state index contributed by atoms with van der Waals surface area (Å²) in [7, 11) is 1.97. The van der Waals surface area contributed by atoms with Crippen LogP contribution >= 0.6 is 24.0 Å². The van der Waals surface area contributed by atoms with Gasteiger partial charge in [0.25, 0.3) is 0 Å². The van der Waals surface area contributed by atoms with Gasteiger partial charge in [-0.15, -0.1) is 12.4 Å². The van der Waals surface area contributed by atoms with E-state index in [2.05, 4.69) is 15.5 Å². The quantitative estimate of drug-likeness (QED) is 0.871. The first kappa shape index (κ1) is 18.2. The van der Waals surface area contributed by atoms with Gasteiger partial charge < -0.3 is 10.6 Å². The predicted molar refractivity (Wildman–Crippen MR) is 90.5 cm³/mol. The molecule has 1 saturated heterocycles. The third kappa shape index (κ3) is 5.47. The van der Waals surface area contributed by atoms with E-state index in [4.69, 9.17) is 11.6 Å². The van der Waals surface area contributed by atoms with E-state index < -0.39 is 0 Å². The molecule has 1 aliphatic heterocycles. The summed E-state index contributed by atoms with van der Waals surface area (Å²) in [6.07, 6.45) is 1.15. The first-order valence-electron chi connectivity index (χ1n) is 7.01. The average molecular weight is 332 g/mol. The molecule has 21 heavy (non-hydrogen) atoms. The van der Waals surface area contributed by atoms with Crippen molar-refractivity contribution in [2.24, 2.45) is 5.92 Å². The number of carbonyl (C=O) groups excluding carboxylic acids is 1. The molecule has 1 aromatic rings. The van der Waals surface area contributed by atoms with Crippen molar-refractivity contribution in [3.8, 4) is 0 Å². The maximum atomic E-state index is 12.0. The first-order chi connectivity index (χ1) is 9.58. The molecule has 0 spiro atoms. The lowest BCUT2D eigenvalue weighted by atomic mass is 10.1. The van der Waals surface area contributed by atoms with Crippen LogP contribution in [0.3, 0.4) is 0 Å². The number of benzene rings is 1. The van der Waals surface area contributed by atoms with Crippen LogP contribution in [0.2, 0.25) is 5.02 Å². The highest BCUT2D eigenvalue weighted by Crippen LogP contribution is 2.23. The predicted octanol–water partition coefficient (Wildman–Crippen LogP) is 2.55. The third-order valence-electron chi connectivity index (χ3n) is 3.63. The Balaban J connectivity index is 0.00000220. The van der Waals surface area contributed by atoms with E-state index in [1.807, 2.05) is 32.2 Å². The lowest BCUT2D eigenvalue weighted by Crippen LogP contribution is -2.32. The van der Waals surface area contributed by atoms with Gasteiger partial charge >= 0.3 is 0 Å². The Kier molecular flexibility index (Phi) is 7.46. The molecule has 1 heterocycles. The van der Waals surface area contributed by atoms with Crippen LogP contribution in [-0.4, -0.2) is 44.0 Å². The SMILES string of the molecule is CNCC1CCN(CC(=O)Nc2ccc(C)cc2Cl)C1.Cl. The van der Waals surface area contributed by atoms with Crippen LogP contribution < -0.4 is 10.6 Å². The topological polar surface area (TPSA) is 44.4 Å². The Morgan fingerprint density at radius 2 is 2.24 bits per heavy atom. The van der Waals surface area contributed by atoms with Crippen molar-refractivity contribution in [1.29, 1.82) is 0 Å². The minimum Gasteiger partial charge on any atom is -0.324 e. The molecule has 1 aliphatic rings. The smallest absolute Gasteiger partial charge is 0.238 e. The van der Waals surface area contributed by atoms with E-state index >= 15 is 0 Å². The standard InChI is InChI=1S/C15H22ClN3O.ClH/c1-11-3-4-14(13(16)7-11)18-15(20)10-19-6-5-12(9-19)8-17-2;/h3-4,7,12,17H,5-6,8-10H2,1-2H3,(H,18,20);1H. The summed E-state index contributed by atoms with van der Waals surface area (Å²) in [5, 5.41) is 6.66. The van der Waals surface area contributed by atoms with Crippen LogP contribution in [0.5, 0.6) is 0 Å². The number of carbonyl (C=O) groups is 1. The fourth-order valence-corrected chi connectivity index (χ4v) is 2.91. The van der Waals surface area contributed by atoms with Crippen LogP contribution in [0.15, 0.2) is 18.2 Å². The molecule has 0 aromatic heterocycles. The maximum Gasteiger partial charge on any atom is 0.238 e. The third-order valence-corrected chi connectivity index (χ3v) is 3.94. The maximum absolute atomic E-state index is 12.0. The Bertz CT molecular complexity index is 482. The highest BCUT2D eigenvalue weighted by Gasteiger charge is 2.23. The minimum absolute atomic E-state index is 0. The molecule has 0 aliphatic carbocycles. The number of nitrogens with zero attached hydrogens (tertiary/aromatic N) is 1. The summed E-state index contributed by atoms with van der Waals surface area (Å²) in [6, 6.07) is 5.65. The highest BCUT2D eigenvalue weighted by atomic mass is 35.5. The van der Waals surface area contributed by atoms with Crippen LogP contribution in [0.1, 0.15) is 12.0 Å². The van der Waals surface area contributed by atoms with Crippen molar-refractivity contribution in [2.45, 2.75) is 13.3 Å². The van der Waals surface area contributed by atoms with E-state index in [0.29, 0.717) is 23.2 Å². The number of amides is 1. The van der Waals surface area contributed by atoms with Gasteiger partial charge in [0.15, 0.2) is 0 Å². The molecule has 4 nitrogen and oxygen atoms in total. The molecule has 1 atom stereocenters. The van der Waals surface area contributed by atoms with E-state index in [0.717, 1.165) is 31.6 Å². The van der Waals surface area contributed by atoms with E-state index in [1.165, 1.54) is 0 Å². The molecule has 2 N–H and O–H groups in total. The molecule has 1 unspecified atom stereocenters.